The Morgan fingerprint density at radius 1 is 0.952 bits per heavy atom. The van der Waals surface area contributed by atoms with Crippen LogP contribution in [0.25, 0.3) is 0 Å². The summed E-state index contributed by atoms with van der Waals surface area (Å²) in [5.41, 5.74) is -0.793. The molecule has 2 rings (SSSR count). The van der Waals surface area contributed by atoms with Gasteiger partial charge in [-0.05, 0) is 23.8 Å². The van der Waals surface area contributed by atoms with Crippen molar-refractivity contribution < 1.29 is 26.5 Å². The molecule has 0 N–H and O–H groups in total. The molecule has 21 heavy (non-hydrogen) atoms. The summed E-state index contributed by atoms with van der Waals surface area (Å²) < 4.78 is 68.8. The third kappa shape index (κ3) is 3.88. The molecule has 0 aliphatic heterocycles. The number of benzene rings is 2. The minimum atomic E-state index is -5.40. The van der Waals surface area contributed by atoms with Gasteiger partial charge in [0, 0.05) is 6.07 Å². The Balaban J connectivity index is 2.10. The Bertz CT molecular complexity index is 659. The molecule has 0 aliphatic rings. The first-order valence-corrected chi connectivity index (χ1v) is 6.21. The van der Waals surface area contributed by atoms with Gasteiger partial charge in [0.05, 0.1) is 10.8 Å². The highest BCUT2D eigenvalue weighted by Crippen LogP contribution is 2.20. The van der Waals surface area contributed by atoms with E-state index in [9.17, 15) is 21.7 Å². The van der Waals surface area contributed by atoms with E-state index in [2.05, 4.69) is 0 Å². The first kappa shape index (κ1) is 15.6. The van der Waals surface area contributed by atoms with Crippen LogP contribution in [0.3, 0.4) is 0 Å². The predicted molar refractivity (Wildman–Crippen MR) is 70.9 cm³/mol. The number of hydrogen-bond donors (Lipinski definition) is 0. The van der Waals surface area contributed by atoms with E-state index in [-0.39, 0.29) is 17.4 Å². The molecule has 0 fully saturated rings. The zero-order chi connectivity index (χ0) is 15.6. The minimum absolute atomic E-state index is 0.0586. The molecule has 0 heterocycles. The summed E-state index contributed by atoms with van der Waals surface area (Å²) in [6.45, 7) is -5.48. The van der Waals surface area contributed by atoms with Crippen molar-refractivity contribution in [2.24, 2.45) is 0 Å². The van der Waals surface area contributed by atoms with Crippen LogP contribution < -0.4 is 10.2 Å². The van der Waals surface area contributed by atoms with E-state index < -0.39 is 24.1 Å². The van der Waals surface area contributed by atoms with Gasteiger partial charge in [0.15, 0.2) is 0 Å². The van der Waals surface area contributed by atoms with Crippen LogP contribution >= 0.6 is 11.6 Å². The van der Waals surface area contributed by atoms with Gasteiger partial charge < -0.3 is 17.7 Å². The van der Waals surface area contributed by atoms with Gasteiger partial charge in [-0.25, -0.2) is 8.78 Å². The molecule has 8 heteroatoms. The van der Waals surface area contributed by atoms with Crippen LogP contribution in [0.15, 0.2) is 36.4 Å². The molecular weight excluding hydrogens is 313 g/mol. The maximum Gasteiger partial charge on any atom is 0.512 e. The number of rotatable bonds is 4. The molecule has 0 spiro atoms. The summed E-state index contributed by atoms with van der Waals surface area (Å²) in [5.74, 6) is -2.04. The second-order valence-corrected chi connectivity index (χ2v) is 4.70. The van der Waals surface area contributed by atoms with Crippen LogP contribution in [-0.2, 0) is 6.61 Å². The molecule has 1 nitrogen and oxygen atoms in total. The summed E-state index contributed by atoms with van der Waals surface area (Å²) in [4.78, 5) is 0. The summed E-state index contributed by atoms with van der Waals surface area (Å²) >= 11 is 5.58. The Kier molecular flexibility index (Phi) is 4.41. The highest BCUT2D eigenvalue weighted by Gasteiger charge is 2.28. The lowest BCUT2D eigenvalue weighted by atomic mass is 9.80. The largest absolute Gasteiger partial charge is 0.512 e. The Morgan fingerprint density at radius 3 is 2.24 bits per heavy atom. The lowest BCUT2D eigenvalue weighted by Crippen LogP contribution is -2.36. The normalized spacial score (nSPS) is 11.5. The van der Waals surface area contributed by atoms with Gasteiger partial charge in [-0.1, -0.05) is 29.2 Å². The maximum atomic E-state index is 13.3. The van der Waals surface area contributed by atoms with Gasteiger partial charge in [-0.3, -0.25) is 0 Å². The van der Waals surface area contributed by atoms with E-state index in [1.807, 2.05) is 0 Å². The fraction of sp³-hybridized carbons (Fsp3) is 0.0769. The highest BCUT2D eigenvalue weighted by atomic mass is 35.5. The van der Waals surface area contributed by atoms with Crippen molar-refractivity contribution in [3.8, 4) is 5.75 Å². The molecular formula is C13H8BClF5O-. The number of ether oxygens (including phenoxy) is 1. The van der Waals surface area contributed by atoms with E-state index >= 15 is 0 Å². The molecule has 0 saturated heterocycles. The standard InChI is InChI=1S/C13H8BClF5O/c15-11-5-8(1-4-12(11)16)7-21-9-2-3-10(13(17)6-9)14(18,19)20/h1-6H,7H2/q-1. The molecule has 0 saturated carbocycles. The van der Waals surface area contributed by atoms with Gasteiger partial charge in [0.25, 0.3) is 0 Å². The van der Waals surface area contributed by atoms with Crippen LogP contribution in [0, 0.1) is 11.6 Å². The molecule has 2 aromatic rings. The quantitative estimate of drug-likeness (QED) is 0.604. The summed E-state index contributed by atoms with van der Waals surface area (Å²) in [6, 6.07) is 6.18. The fourth-order valence-electron chi connectivity index (χ4n) is 1.66. The van der Waals surface area contributed by atoms with Crippen LogP contribution in [0.1, 0.15) is 5.56 Å². The van der Waals surface area contributed by atoms with E-state index in [1.54, 1.807) is 0 Å². The van der Waals surface area contributed by atoms with Crippen molar-refractivity contribution in [3.63, 3.8) is 0 Å². The Hall–Kier alpha value is -1.76. The monoisotopic (exact) mass is 321 g/mol. The average Bonchev–Trinajstić information content (AvgIpc) is 2.39. The van der Waals surface area contributed by atoms with Crippen molar-refractivity contribution in [3.05, 3.63) is 58.6 Å². The van der Waals surface area contributed by atoms with Crippen molar-refractivity contribution in [2.45, 2.75) is 6.61 Å². The van der Waals surface area contributed by atoms with Gasteiger partial charge in [0.1, 0.15) is 18.2 Å². The second kappa shape index (κ2) is 5.93. The molecule has 2 aromatic carbocycles. The molecule has 0 amide bonds. The molecule has 0 atom stereocenters. The lowest BCUT2D eigenvalue weighted by molar-refractivity contribution is 0.304. The number of hydrogen-bond acceptors (Lipinski definition) is 1. The Labute approximate surface area is 122 Å². The molecule has 0 radical (unpaired) electrons. The fourth-order valence-corrected chi connectivity index (χ4v) is 1.86. The number of halogens is 6. The maximum absolute atomic E-state index is 13.3. The van der Waals surface area contributed by atoms with Crippen LogP contribution in [0.4, 0.5) is 21.7 Å². The predicted octanol–water partition coefficient (Wildman–Crippen LogP) is 4.25. The van der Waals surface area contributed by atoms with Crippen LogP contribution in [0.2, 0.25) is 5.02 Å². The average molecular weight is 321 g/mol. The van der Waals surface area contributed by atoms with Gasteiger partial charge in [0.2, 0.25) is 0 Å². The Morgan fingerprint density at radius 2 is 1.67 bits per heavy atom. The van der Waals surface area contributed by atoms with Gasteiger partial charge >= 0.3 is 6.98 Å². The summed E-state index contributed by atoms with van der Waals surface area (Å²) in [5, 5.41) is -0.0996. The minimum Gasteiger partial charge on any atom is -0.489 e. The first-order chi connectivity index (χ1) is 9.77. The molecule has 0 aromatic heterocycles. The second-order valence-electron chi connectivity index (χ2n) is 4.30. The van der Waals surface area contributed by atoms with Gasteiger partial charge in [-0.15, -0.1) is 0 Å². The zero-order valence-corrected chi connectivity index (χ0v) is 11.2. The van der Waals surface area contributed by atoms with E-state index in [0.29, 0.717) is 17.7 Å². The molecule has 0 bridgehead atoms. The van der Waals surface area contributed by atoms with Crippen LogP contribution in [-0.4, -0.2) is 6.98 Å². The third-order valence-electron chi connectivity index (χ3n) is 2.71. The third-order valence-corrected chi connectivity index (χ3v) is 3.00. The topological polar surface area (TPSA) is 9.23 Å². The summed E-state index contributed by atoms with van der Waals surface area (Å²) in [6.07, 6.45) is 0. The summed E-state index contributed by atoms with van der Waals surface area (Å²) in [7, 11) is 0. The van der Waals surface area contributed by atoms with Crippen molar-refractivity contribution in [1.82, 2.24) is 0 Å². The van der Waals surface area contributed by atoms with Crippen molar-refractivity contribution in [1.29, 1.82) is 0 Å². The smallest absolute Gasteiger partial charge is 0.489 e. The SMILES string of the molecule is Fc1ccc(COc2ccc([B-](F)(F)F)c(F)c2)cc1Cl. The van der Waals surface area contributed by atoms with Gasteiger partial charge in [-0.2, -0.15) is 0 Å². The van der Waals surface area contributed by atoms with Crippen molar-refractivity contribution >= 4 is 24.0 Å². The molecule has 112 valence electrons. The van der Waals surface area contributed by atoms with E-state index in [4.69, 9.17) is 16.3 Å². The van der Waals surface area contributed by atoms with Crippen molar-refractivity contribution in [2.75, 3.05) is 0 Å². The first-order valence-electron chi connectivity index (χ1n) is 5.83. The lowest BCUT2D eigenvalue weighted by Gasteiger charge is -2.16. The van der Waals surface area contributed by atoms with E-state index in [1.165, 1.54) is 12.1 Å². The molecule has 0 unspecified atom stereocenters. The van der Waals surface area contributed by atoms with E-state index in [0.717, 1.165) is 12.1 Å². The highest BCUT2D eigenvalue weighted by molar-refractivity contribution is 6.73. The van der Waals surface area contributed by atoms with Crippen LogP contribution in [0.5, 0.6) is 5.75 Å². The molecule has 0 aliphatic carbocycles. The zero-order valence-electron chi connectivity index (χ0n) is 10.4.